The molecule has 3 aromatic rings. The van der Waals surface area contributed by atoms with E-state index in [9.17, 15) is 4.39 Å². The Morgan fingerprint density at radius 1 is 1.10 bits per heavy atom. The number of fused-ring (bicyclic) bond motifs is 1. The summed E-state index contributed by atoms with van der Waals surface area (Å²) in [5.74, 6) is 1.20. The molecule has 0 bridgehead atoms. The lowest BCUT2D eigenvalue weighted by molar-refractivity contribution is 0.626. The third-order valence-electron chi connectivity index (χ3n) is 5.36. The number of aryl methyl sites for hydroxylation is 2. The molecule has 160 valence electrons. The first kappa shape index (κ1) is 21.2. The highest BCUT2D eigenvalue weighted by molar-refractivity contribution is 7.80. The SMILES string of the molecule is Cc1cc(N2CCc3ccccc3C2)nc(NC(=S)NCCCc2ccc(F)cc2)n1. The van der Waals surface area contributed by atoms with E-state index in [1.54, 1.807) is 0 Å². The summed E-state index contributed by atoms with van der Waals surface area (Å²) in [5, 5.41) is 6.81. The van der Waals surface area contributed by atoms with E-state index in [1.165, 1.54) is 23.3 Å². The second-order valence-electron chi connectivity index (χ2n) is 7.74. The van der Waals surface area contributed by atoms with Gasteiger partial charge in [0.15, 0.2) is 5.11 Å². The van der Waals surface area contributed by atoms with Gasteiger partial charge >= 0.3 is 0 Å². The molecule has 7 heteroatoms. The van der Waals surface area contributed by atoms with Crippen molar-refractivity contribution in [3.05, 3.63) is 82.8 Å². The molecule has 0 unspecified atom stereocenters. The molecule has 0 saturated heterocycles. The van der Waals surface area contributed by atoms with Crippen LogP contribution in [0.25, 0.3) is 0 Å². The topological polar surface area (TPSA) is 53.1 Å². The van der Waals surface area contributed by atoms with E-state index in [4.69, 9.17) is 17.2 Å². The Labute approximate surface area is 187 Å². The Bertz CT molecular complexity index is 1050. The van der Waals surface area contributed by atoms with Crippen molar-refractivity contribution in [1.29, 1.82) is 0 Å². The Balaban J connectivity index is 1.31. The van der Waals surface area contributed by atoms with Crippen LogP contribution in [0.4, 0.5) is 16.2 Å². The van der Waals surface area contributed by atoms with E-state index in [-0.39, 0.29) is 5.82 Å². The van der Waals surface area contributed by atoms with Crippen LogP contribution >= 0.6 is 12.2 Å². The van der Waals surface area contributed by atoms with Crippen LogP contribution in [0.2, 0.25) is 0 Å². The summed E-state index contributed by atoms with van der Waals surface area (Å²) in [6.07, 6.45) is 2.76. The van der Waals surface area contributed by atoms with Gasteiger partial charge in [0, 0.05) is 31.4 Å². The molecule has 0 saturated carbocycles. The summed E-state index contributed by atoms with van der Waals surface area (Å²) in [5.41, 5.74) is 4.76. The van der Waals surface area contributed by atoms with Gasteiger partial charge in [0.25, 0.3) is 0 Å². The third-order valence-corrected chi connectivity index (χ3v) is 5.61. The molecule has 5 nitrogen and oxygen atoms in total. The first-order valence-electron chi connectivity index (χ1n) is 10.5. The van der Waals surface area contributed by atoms with Crippen molar-refractivity contribution in [1.82, 2.24) is 15.3 Å². The fourth-order valence-corrected chi connectivity index (χ4v) is 3.95. The van der Waals surface area contributed by atoms with Gasteiger partial charge in [0.1, 0.15) is 11.6 Å². The van der Waals surface area contributed by atoms with Gasteiger partial charge in [0.05, 0.1) is 0 Å². The first-order valence-corrected chi connectivity index (χ1v) is 10.9. The zero-order chi connectivity index (χ0) is 21.6. The number of hydrogen-bond acceptors (Lipinski definition) is 4. The number of nitrogens with zero attached hydrogens (tertiary/aromatic N) is 3. The number of thiocarbonyl (C=S) groups is 1. The number of nitrogens with one attached hydrogen (secondary N) is 2. The zero-order valence-electron chi connectivity index (χ0n) is 17.6. The van der Waals surface area contributed by atoms with Crippen LogP contribution in [0.1, 0.15) is 28.8 Å². The maximum atomic E-state index is 13.0. The summed E-state index contributed by atoms with van der Waals surface area (Å²) in [6, 6.07) is 17.2. The van der Waals surface area contributed by atoms with E-state index in [0.717, 1.165) is 49.4 Å². The van der Waals surface area contributed by atoms with E-state index in [0.29, 0.717) is 17.6 Å². The summed E-state index contributed by atoms with van der Waals surface area (Å²) >= 11 is 5.41. The molecule has 1 aliphatic rings. The maximum absolute atomic E-state index is 13.0. The quantitative estimate of drug-likeness (QED) is 0.442. The van der Waals surface area contributed by atoms with Gasteiger partial charge in [-0.1, -0.05) is 36.4 Å². The Kier molecular flexibility index (Phi) is 6.72. The minimum absolute atomic E-state index is 0.210. The average Bonchev–Trinajstić information content (AvgIpc) is 2.77. The molecular weight excluding hydrogens is 409 g/mol. The first-order chi connectivity index (χ1) is 15.1. The molecule has 0 atom stereocenters. The van der Waals surface area contributed by atoms with Gasteiger partial charge in [-0.25, -0.2) is 9.37 Å². The number of benzene rings is 2. The zero-order valence-corrected chi connectivity index (χ0v) is 18.4. The van der Waals surface area contributed by atoms with Gasteiger partial charge in [0.2, 0.25) is 5.95 Å². The van der Waals surface area contributed by atoms with Crippen molar-refractivity contribution >= 4 is 29.1 Å². The van der Waals surface area contributed by atoms with Crippen molar-refractivity contribution < 1.29 is 4.39 Å². The minimum atomic E-state index is -0.210. The molecule has 0 fully saturated rings. The van der Waals surface area contributed by atoms with Gasteiger partial charge in [-0.3, -0.25) is 0 Å². The molecule has 0 amide bonds. The summed E-state index contributed by atoms with van der Waals surface area (Å²) in [7, 11) is 0. The highest BCUT2D eigenvalue weighted by atomic mass is 32.1. The van der Waals surface area contributed by atoms with E-state index < -0.39 is 0 Å². The predicted molar refractivity (Wildman–Crippen MR) is 127 cm³/mol. The highest BCUT2D eigenvalue weighted by Crippen LogP contribution is 2.24. The van der Waals surface area contributed by atoms with Crippen molar-refractivity contribution in [3.63, 3.8) is 0 Å². The van der Waals surface area contributed by atoms with Crippen LogP contribution in [0.5, 0.6) is 0 Å². The molecular formula is C24H26FN5S. The molecule has 0 spiro atoms. The molecule has 0 aliphatic carbocycles. The Hall–Kier alpha value is -3.06. The molecule has 1 aliphatic heterocycles. The molecule has 1 aromatic heterocycles. The minimum Gasteiger partial charge on any atom is -0.362 e. The lowest BCUT2D eigenvalue weighted by Crippen LogP contribution is -2.32. The van der Waals surface area contributed by atoms with Crippen LogP contribution in [0.15, 0.2) is 54.6 Å². The highest BCUT2D eigenvalue weighted by Gasteiger charge is 2.18. The molecule has 2 heterocycles. The summed E-state index contributed by atoms with van der Waals surface area (Å²) in [6.45, 7) is 4.45. The van der Waals surface area contributed by atoms with E-state index in [1.807, 2.05) is 25.1 Å². The van der Waals surface area contributed by atoms with Crippen molar-refractivity contribution in [2.45, 2.75) is 32.7 Å². The van der Waals surface area contributed by atoms with Crippen LogP contribution < -0.4 is 15.5 Å². The van der Waals surface area contributed by atoms with Crippen LogP contribution in [0, 0.1) is 12.7 Å². The largest absolute Gasteiger partial charge is 0.362 e. The van der Waals surface area contributed by atoms with Crippen molar-refractivity contribution in [2.75, 3.05) is 23.3 Å². The fourth-order valence-electron chi connectivity index (χ4n) is 3.75. The van der Waals surface area contributed by atoms with Gasteiger partial charge in [-0.2, -0.15) is 4.98 Å². The number of halogens is 1. The lowest BCUT2D eigenvalue weighted by atomic mass is 10.00. The normalized spacial score (nSPS) is 12.9. The predicted octanol–water partition coefficient (Wildman–Crippen LogP) is 4.41. The van der Waals surface area contributed by atoms with E-state index in [2.05, 4.69) is 44.8 Å². The van der Waals surface area contributed by atoms with Crippen LogP contribution in [-0.4, -0.2) is 28.2 Å². The number of rotatable bonds is 6. The van der Waals surface area contributed by atoms with Gasteiger partial charge < -0.3 is 15.5 Å². The summed E-state index contributed by atoms with van der Waals surface area (Å²) < 4.78 is 13.0. The fraction of sp³-hybridized carbons (Fsp3) is 0.292. The molecule has 2 N–H and O–H groups in total. The van der Waals surface area contributed by atoms with Crippen LogP contribution in [-0.2, 0) is 19.4 Å². The van der Waals surface area contributed by atoms with Crippen molar-refractivity contribution in [2.24, 2.45) is 0 Å². The van der Waals surface area contributed by atoms with Crippen molar-refractivity contribution in [3.8, 4) is 0 Å². The Morgan fingerprint density at radius 3 is 2.68 bits per heavy atom. The number of anilines is 2. The maximum Gasteiger partial charge on any atom is 0.231 e. The number of hydrogen-bond donors (Lipinski definition) is 2. The monoisotopic (exact) mass is 435 g/mol. The molecule has 0 radical (unpaired) electrons. The standard InChI is InChI=1S/C24H26FN5S/c1-17-15-22(30-14-12-19-6-2-3-7-20(19)16-30)28-23(27-17)29-24(31)26-13-4-5-18-8-10-21(25)11-9-18/h2-3,6-11,15H,4-5,12-14,16H2,1H3,(H2,26,27,28,29,31). The molecule has 31 heavy (non-hydrogen) atoms. The van der Waals surface area contributed by atoms with Crippen LogP contribution in [0.3, 0.4) is 0 Å². The molecule has 2 aromatic carbocycles. The second kappa shape index (κ2) is 9.83. The number of aromatic nitrogens is 2. The second-order valence-corrected chi connectivity index (χ2v) is 8.15. The smallest absolute Gasteiger partial charge is 0.231 e. The van der Waals surface area contributed by atoms with E-state index >= 15 is 0 Å². The van der Waals surface area contributed by atoms with Gasteiger partial charge in [-0.15, -0.1) is 0 Å². The lowest BCUT2D eigenvalue weighted by Gasteiger charge is -2.30. The Morgan fingerprint density at radius 2 is 1.87 bits per heavy atom. The van der Waals surface area contributed by atoms with Gasteiger partial charge in [-0.05, 0) is 67.2 Å². The summed E-state index contributed by atoms with van der Waals surface area (Å²) in [4.78, 5) is 11.5. The average molecular weight is 436 g/mol. The third kappa shape index (κ3) is 5.76. The molecule has 4 rings (SSSR count).